The molecule has 0 aromatic carbocycles. The SMILES string of the molecule is C1CCSC2(CC2)COC1. The van der Waals surface area contributed by atoms with Crippen molar-refractivity contribution >= 4 is 11.8 Å². The Morgan fingerprint density at radius 3 is 2.90 bits per heavy atom. The first-order valence-corrected chi connectivity index (χ1v) is 5.12. The van der Waals surface area contributed by atoms with E-state index < -0.39 is 0 Å². The predicted octanol–water partition coefficient (Wildman–Crippen LogP) is 2.06. The van der Waals surface area contributed by atoms with Gasteiger partial charge in [0.05, 0.1) is 6.61 Å². The molecule has 1 heterocycles. The van der Waals surface area contributed by atoms with Crippen molar-refractivity contribution in [3.8, 4) is 0 Å². The number of rotatable bonds is 0. The molecule has 1 saturated carbocycles. The van der Waals surface area contributed by atoms with Crippen molar-refractivity contribution in [2.75, 3.05) is 19.0 Å². The normalized spacial score (nSPS) is 31.2. The van der Waals surface area contributed by atoms with E-state index in [1.807, 2.05) is 0 Å². The van der Waals surface area contributed by atoms with E-state index in [1.165, 1.54) is 31.4 Å². The van der Waals surface area contributed by atoms with E-state index in [4.69, 9.17) is 4.74 Å². The van der Waals surface area contributed by atoms with E-state index in [1.54, 1.807) is 0 Å². The summed E-state index contributed by atoms with van der Waals surface area (Å²) in [6, 6.07) is 0. The third kappa shape index (κ3) is 1.48. The standard InChI is InChI=1S/C8H14OS/c1-2-6-10-8(3-4-8)7-9-5-1/h1-7H2. The van der Waals surface area contributed by atoms with Crippen LogP contribution in [0.25, 0.3) is 0 Å². The summed E-state index contributed by atoms with van der Waals surface area (Å²) in [7, 11) is 0. The van der Waals surface area contributed by atoms with Gasteiger partial charge in [0.25, 0.3) is 0 Å². The molecule has 0 unspecified atom stereocenters. The summed E-state index contributed by atoms with van der Waals surface area (Å²) < 4.78 is 6.13. The Kier molecular flexibility index (Phi) is 1.92. The highest BCUT2D eigenvalue weighted by atomic mass is 32.2. The van der Waals surface area contributed by atoms with Crippen LogP contribution in [-0.4, -0.2) is 23.7 Å². The molecule has 1 aliphatic heterocycles. The Balaban J connectivity index is 1.84. The molecule has 2 rings (SSSR count). The Morgan fingerprint density at radius 2 is 2.10 bits per heavy atom. The molecule has 10 heavy (non-hydrogen) atoms. The van der Waals surface area contributed by atoms with Crippen molar-refractivity contribution in [2.24, 2.45) is 0 Å². The molecule has 0 radical (unpaired) electrons. The maximum atomic E-state index is 5.53. The minimum atomic E-state index is 0.598. The molecule has 0 amide bonds. The molecule has 58 valence electrons. The molecule has 1 aliphatic carbocycles. The van der Waals surface area contributed by atoms with Gasteiger partial charge in [0.15, 0.2) is 0 Å². The molecule has 1 nitrogen and oxygen atoms in total. The molecule has 2 aliphatic rings. The van der Waals surface area contributed by atoms with E-state index in [0.29, 0.717) is 4.75 Å². The van der Waals surface area contributed by atoms with Gasteiger partial charge in [0.2, 0.25) is 0 Å². The monoisotopic (exact) mass is 158 g/mol. The van der Waals surface area contributed by atoms with Gasteiger partial charge in [0, 0.05) is 11.4 Å². The summed E-state index contributed by atoms with van der Waals surface area (Å²) in [6.07, 6.45) is 5.42. The lowest BCUT2D eigenvalue weighted by Gasteiger charge is -2.17. The van der Waals surface area contributed by atoms with Gasteiger partial charge in [-0.1, -0.05) is 0 Å². The number of thioether (sulfide) groups is 1. The summed E-state index contributed by atoms with van der Waals surface area (Å²) in [5, 5.41) is 0. The summed E-state index contributed by atoms with van der Waals surface area (Å²) in [5.41, 5.74) is 0. The summed E-state index contributed by atoms with van der Waals surface area (Å²) in [4.78, 5) is 0. The average molecular weight is 158 g/mol. The van der Waals surface area contributed by atoms with Gasteiger partial charge in [-0.05, 0) is 31.4 Å². The number of hydrogen-bond acceptors (Lipinski definition) is 2. The van der Waals surface area contributed by atoms with Crippen LogP contribution in [0.5, 0.6) is 0 Å². The molecule has 0 N–H and O–H groups in total. The van der Waals surface area contributed by atoms with Crippen molar-refractivity contribution in [3.05, 3.63) is 0 Å². The molecule has 2 heteroatoms. The third-order valence-corrected chi connectivity index (χ3v) is 3.90. The molecule has 0 aromatic rings. The van der Waals surface area contributed by atoms with Crippen molar-refractivity contribution in [2.45, 2.75) is 30.4 Å². The molecular weight excluding hydrogens is 144 g/mol. The first kappa shape index (κ1) is 6.99. The second-order valence-electron chi connectivity index (χ2n) is 3.29. The lowest BCUT2D eigenvalue weighted by molar-refractivity contribution is 0.126. The van der Waals surface area contributed by atoms with Gasteiger partial charge in [-0.25, -0.2) is 0 Å². The highest BCUT2D eigenvalue weighted by Gasteiger charge is 2.43. The summed E-state index contributed by atoms with van der Waals surface area (Å²) in [5.74, 6) is 1.36. The van der Waals surface area contributed by atoms with Crippen molar-refractivity contribution in [1.82, 2.24) is 0 Å². The van der Waals surface area contributed by atoms with Crippen molar-refractivity contribution in [3.63, 3.8) is 0 Å². The maximum absolute atomic E-state index is 5.53. The van der Waals surface area contributed by atoms with Crippen LogP contribution in [0.15, 0.2) is 0 Å². The second-order valence-corrected chi connectivity index (χ2v) is 4.85. The first-order chi connectivity index (χ1) is 4.91. The molecule has 0 bridgehead atoms. The lowest BCUT2D eigenvalue weighted by Crippen LogP contribution is -2.16. The van der Waals surface area contributed by atoms with E-state index in [0.717, 1.165) is 13.2 Å². The highest BCUT2D eigenvalue weighted by molar-refractivity contribution is 8.00. The minimum Gasteiger partial charge on any atom is -0.380 e. The zero-order chi connectivity index (χ0) is 6.86. The summed E-state index contributed by atoms with van der Waals surface area (Å²) in [6.45, 7) is 2.03. The fourth-order valence-corrected chi connectivity index (χ4v) is 2.66. The van der Waals surface area contributed by atoms with Crippen LogP contribution in [0.1, 0.15) is 25.7 Å². The Hall–Kier alpha value is 0.310. The fraction of sp³-hybridized carbons (Fsp3) is 1.00. The lowest BCUT2D eigenvalue weighted by atomic mass is 10.3. The maximum Gasteiger partial charge on any atom is 0.0613 e. The first-order valence-electron chi connectivity index (χ1n) is 4.13. The largest absolute Gasteiger partial charge is 0.380 e. The van der Waals surface area contributed by atoms with Gasteiger partial charge >= 0.3 is 0 Å². The third-order valence-electron chi connectivity index (χ3n) is 2.26. The minimum absolute atomic E-state index is 0.598. The van der Waals surface area contributed by atoms with E-state index in [-0.39, 0.29) is 0 Å². The van der Waals surface area contributed by atoms with E-state index >= 15 is 0 Å². The molecule has 1 saturated heterocycles. The van der Waals surface area contributed by atoms with Gasteiger partial charge in [0.1, 0.15) is 0 Å². The number of hydrogen-bond donors (Lipinski definition) is 0. The molecular formula is C8H14OS. The second kappa shape index (κ2) is 2.74. The Bertz CT molecular complexity index is 110. The molecule has 1 spiro atoms. The van der Waals surface area contributed by atoms with Crippen LogP contribution in [0.2, 0.25) is 0 Å². The number of ether oxygens (including phenoxy) is 1. The predicted molar refractivity (Wildman–Crippen MR) is 44.5 cm³/mol. The molecule has 0 aromatic heterocycles. The van der Waals surface area contributed by atoms with Gasteiger partial charge in [-0.15, -0.1) is 0 Å². The Labute approximate surface area is 66.5 Å². The van der Waals surface area contributed by atoms with Gasteiger partial charge in [-0.3, -0.25) is 0 Å². The fourth-order valence-electron chi connectivity index (χ4n) is 1.32. The van der Waals surface area contributed by atoms with Crippen molar-refractivity contribution in [1.29, 1.82) is 0 Å². The molecule has 0 atom stereocenters. The van der Waals surface area contributed by atoms with Crippen LogP contribution in [0, 0.1) is 0 Å². The van der Waals surface area contributed by atoms with Gasteiger partial charge in [-0.2, -0.15) is 11.8 Å². The van der Waals surface area contributed by atoms with Crippen molar-refractivity contribution < 1.29 is 4.74 Å². The molecule has 2 fully saturated rings. The smallest absolute Gasteiger partial charge is 0.0613 e. The topological polar surface area (TPSA) is 9.23 Å². The van der Waals surface area contributed by atoms with E-state index in [2.05, 4.69) is 11.8 Å². The van der Waals surface area contributed by atoms with Gasteiger partial charge < -0.3 is 4.74 Å². The van der Waals surface area contributed by atoms with Crippen LogP contribution >= 0.6 is 11.8 Å². The quantitative estimate of drug-likeness (QED) is 0.533. The van der Waals surface area contributed by atoms with Crippen LogP contribution in [0.3, 0.4) is 0 Å². The van der Waals surface area contributed by atoms with Crippen LogP contribution in [-0.2, 0) is 4.74 Å². The Morgan fingerprint density at radius 1 is 1.20 bits per heavy atom. The van der Waals surface area contributed by atoms with Crippen LogP contribution in [0.4, 0.5) is 0 Å². The highest BCUT2D eigenvalue weighted by Crippen LogP contribution is 2.49. The van der Waals surface area contributed by atoms with Crippen LogP contribution < -0.4 is 0 Å². The summed E-state index contributed by atoms with van der Waals surface area (Å²) >= 11 is 2.14. The average Bonchev–Trinajstić information content (AvgIpc) is 2.61. The zero-order valence-electron chi connectivity index (χ0n) is 6.27. The van der Waals surface area contributed by atoms with E-state index in [9.17, 15) is 0 Å². The zero-order valence-corrected chi connectivity index (χ0v) is 7.08.